The molecular weight excluding hydrogens is 446 g/mol. The normalized spacial score (nSPS) is 10.5. The number of nitrogens with one attached hydrogen (secondary N) is 3. The number of anilines is 1. The van der Waals surface area contributed by atoms with Crippen LogP contribution in [-0.4, -0.2) is 36.0 Å². The molecule has 3 aromatic carbocycles. The van der Waals surface area contributed by atoms with Crippen molar-refractivity contribution in [2.75, 3.05) is 18.5 Å². The Balaban J connectivity index is 1.30. The molecule has 1 heterocycles. The van der Waals surface area contributed by atoms with Crippen LogP contribution >= 0.6 is 0 Å². The lowest BCUT2D eigenvalue weighted by Gasteiger charge is -2.11. The van der Waals surface area contributed by atoms with Gasteiger partial charge in [0.2, 0.25) is 0 Å². The number of esters is 1. The van der Waals surface area contributed by atoms with Crippen molar-refractivity contribution in [2.24, 2.45) is 0 Å². The molecule has 0 atom stereocenters. The summed E-state index contributed by atoms with van der Waals surface area (Å²) in [6.45, 7) is 2.07. The van der Waals surface area contributed by atoms with Crippen molar-refractivity contribution >= 4 is 34.4 Å². The molecule has 3 N–H and O–H groups in total. The number of aromatic amines is 1. The molecule has 4 rings (SSSR count). The monoisotopic (exact) mass is 471 g/mol. The number of ether oxygens (including phenoxy) is 2. The van der Waals surface area contributed by atoms with E-state index >= 15 is 0 Å². The maximum Gasteiger partial charge on any atom is 0.341 e. The van der Waals surface area contributed by atoms with Crippen LogP contribution in [0.1, 0.15) is 33.2 Å². The number of aromatic nitrogens is 1. The molecule has 8 heteroatoms. The van der Waals surface area contributed by atoms with Gasteiger partial charge in [0.1, 0.15) is 11.3 Å². The summed E-state index contributed by atoms with van der Waals surface area (Å²) in [5.41, 5.74) is 3.29. The molecule has 0 unspecified atom stereocenters. The lowest BCUT2D eigenvalue weighted by Crippen LogP contribution is -2.23. The lowest BCUT2D eigenvalue weighted by atomic mass is 10.1. The molecule has 4 aromatic rings. The molecule has 35 heavy (non-hydrogen) atoms. The van der Waals surface area contributed by atoms with Gasteiger partial charge >= 0.3 is 5.97 Å². The first-order valence-electron chi connectivity index (χ1n) is 11.2. The zero-order chi connectivity index (χ0) is 24.6. The minimum atomic E-state index is -0.512. The third-order valence-electron chi connectivity index (χ3n) is 5.30. The van der Waals surface area contributed by atoms with E-state index in [2.05, 4.69) is 15.6 Å². The van der Waals surface area contributed by atoms with E-state index in [0.717, 1.165) is 16.5 Å². The molecule has 0 spiro atoms. The SMILES string of the molecule is CCOC(=O)c1ccccc1OCC(=O)Nc1ccc(C(=O)NCc2cccc3[nH]ccc23)cc1. The fraction of sp³-hybridized carbons (Fsp3) is 0.148. The third-order valence-corrected chi connectivity index (χ3v) is 5.30. The molecule has 1 aromatic heterocycles. The van der Waals surface area contributed by atoms with E-state index in [1.165, 1.54) is 0 Å². The zero-order valence-corrected chi connectivity index (χ0v) is 19.2. The van der Waals surface area contributed by atoms with Gasteiger partial charge in [-0.25, -0.2) is 4.79 Å². The maximum atomic E-state index is 12.6. The van der Waals surface area contributed by atoms with Crippen LogP contribution in [0.15, 0.2) is 79.0 Å². The number of hydrogen-bond donors (Lipinski definition) is 3. The summed E-state index contributed by atoms with van der Waals surface area (Å²) in [5, 5.41) is 6.70. The topological polar surface area (TPSA) is 110 Å². The number of H-pyrrole nitrogens is 1. The summed E-state index contributed by atoms with van der Waals surface area (Å²) >= 11 is 0. The second-order valence-electron chi connectivity index (χ2n) is 7.67. The van der Waals surface area contributed by atoms with Gasteiger partial charge in [0.15, 0.2) is 6.61 Å². The van der Waals surface area contributed by atoms with Crippen molar-refractivity contribution in [1.29, 1.82) is 0 Å². The van der Waals surface area contributed by atoms with Crippen molar-refractivity contribution in [3.05, 3.63) is 95.7 Å². The van der Waals surface area contributed by atoms with E-state index in [4.69, 9.17) is 9.47 Å². The molecule has 8 nitrogen and oxygen atoms in total. The van der Waals surface area contributed by atoms with E-state index in [1.54, 1.807) is 55.5 Å². The number of rotatable bonds is 9. The minimum absolute atomic E-state index is 0.214. The molecule has 0 aliphatic carbocycles. The van der Waals surface area contributed by atoms with Gasteiger partial charge in [-0.05, 0) is 61.0 Å². The van der Waals surface area contributed by atoms with E-state index < -0.39 is 11.9 Å². The van der Waals surface area contributed by atoms with Crippen molar-refractivity contribution < 1.29 is 23.9 Å². The highest BCUT2D eigenvalue weighted by Crippen LogP contribution is 2.20. The van der Waals surface area contributed by atoms with Gasteiger partial charge in [-0.2, -0.15) is 0 Å². The van der Waals surface area contributed by atoms with Crippen LogP contribution in [0.3, 0.4) is 0 Å². The molecule has 0 radical (unpaired) electrons. The van der Waals surface area contributed by atoms with Gasteiger partial charge in [-0.3, -0.25) is 9.59 Å². The Kier molecular flexibility index (Phi) is 7.42. The van der Waals surface area contributed by atoms with Crippen LogP contribution in [0.4, 0.5) is 5.69 Å². The lowest BCUT2D eigenvalue weighted by molar-refractivity contribution is -0.118. The van der Waals surface area contributed by atoms with Gasteiger partial charge < -0.3 is 25.1 Å². The fourth-order valence-electron chi connectivity index (χ4n) is 3.60. The summed E-state index contributed by atoms with van der Waals surface area (Å²) in [7, 11) is 0. The Morgan fingerprint density at radius 1 is 0.914 bits per heavy atom. The average Bonchev–Trinajstić information content (AvgIpc) is 3.36. The van der Waals surface area contributed by atoms with Crippen molar-refractivity contribution in [3.63, 3.8) is 0 Å². The molecule has 0 fully saturated rings. The first-order chi connectivity index (χ1) is 17.0. The predicted octanol–water partition coefficient (Wildman–Crippen LogP) is 4.29. The van der Waals surface area contributed by atoms with Crippen molar-refractivity contribution in [2.45, 2.75) is 13.5 Å². The summed E-state index contributed by atoms with van der Waals surface area (Å²) in [6, 6.07) is 21.0. The summed E-state index contributed by atoms with van der Waals surface area (Å²) < 4.78 is 10.5. The summed E-state index contributed by atoms with van der Waals surface area (Å²) in [4.78, 5) is 40.1. The number of carbonyl (C=O) groups excluding carboxylic acids is 3. The van der Waals surface area contributed by atoms with Gasteiger partial charge in [-0.15, -0.1) is 0 Å². The maximum absolute atomic E-state index is 12.6. The highest BCUT2D eigenvalue weighted by molar-refractivity contribution is 5.96. The molecule has 0 saturated heterocycles. The molecular formula is C27H25N3O5. The molecule has 178 valence electrons. The number of para-hydroxylation sites is 1. The Hall–Kier alpha value is -4.59. The molecule has 0 bridgehead atoms. The summed E-state index contributed by atoms with van der Waals surface area (Å²) in [6.07, 6.45) is 1.87. The summed E-state index contributed by atoms with van der Waals surface area (Å²) in [5.74, 6) is -0.861. The van der Waals surface area contributed by atoms with E-state index in [1.807, 2.05) is 30.5 Å². The number of hydrogen-bond acceptors (Lipinski definition) is 5. The molecule has 0 aliphatic rings. The highest BCUT2D eigenvalue weighted by Gasteiger charge is 2.14. The molecule has 0 saturated carbocycles. The van der Waals surface area contributed by atoms with E-state index in [0.29, 0.717) is 17.8 Å². The fourth-order valence-corrected chi connectivity index (χ4v) is 3.60. The van der Waals surface area contributed by atoms with Gasteiger partial charge in [0.25, 0.3) is 11.8 Å². The number of fused-ring (bicyclic) bond motifs is 1. The average molecular weight is 472 g/mol. The van der Waals surface area contributed by atoms with Gasteiger partial charge in [-0.1, -0.05) is 24.3 Å². The van der Waals surface area contributed by atoms with Gasteiger partial charge in [0.05, 0.1) is 6.61 Å². The van der Waals surface area contributed by atoms with E-state index in [-0.39, 0.29) is 30.4 Å². The van der Waals surface area contributed by atoms with Gasteiger partial charge in [0, 0.05) is 34.9 Å². The van der Waals surface area contributed by atoms with Crippen LogP contribution in [0.5, 0.6) is 5.75 Å². The van der Waals surface area contributed by atoms with Crippen LogP contribution < -0.4 is 15.4 Å². The number of amides is 2. The zero-order valence-electron chi connectivity index (χ0n) is 19.2. The quantitative estimate of drug-likeness (QED) is 0.316. The first-order valence-corrected chi connectivity index (χ1v) is 11.2. The minimum Gasteiger partial charge on any atom is -0.483 e. The van der Waals surface area contributed by atoms with Crippen LogP contribution in [0.25, 0.3) is 10.9 Å². The van der Waals surface area contributed by atoms with E-state index in [9.17, 15) is 14.4 Å². The second kappa shape index (κ2) is 11.0. The number of carbonyl (C=O) groups is 3. The number of benzene rings is 3. The Bertz CT molecular complexity index is 1340. The second-order valence-corrected chi connectivity index (χ2v) is 7.67. The Morgan fingerprint density at radius 2 is 1.71 bits per heavy atom. The van der Waals surface area contributed by atoms with Crippen molar-refractivity contribution in [1.82, 2.24) is 10.3 Å². The smallest absolute Gasteiger partial charge is 0.341 e. The van der Waals surface area contributed by atoms with Crippen molar-refractivity contribution in [3.8, 4) is 5.75 Å². The molecule has 2 amide bonds. The largest absolute Gasteiger partial charge is 0.483 e. The Morgan fingerprint density at radius 3 is 2.51 bits per heavy atom. The van der Waals surface area contributed by atoms with Crippen LogP contribution in [0, 0.1) is 0 Å². The van der Waals surface area contributed by atoms with Crippen LogP contribution in [-0.2, 0) is 16.1 Å². The predicted molar refractivity (Wildman–Crippen MR) is 132 cm³/mol. The highest BCUT2D eigenvalue weighted by atomic mass is 16.5. The molecule has 0 aliphatic heterocycles. The standard InChI is InChI=1S/C27H25N3O5/c1-2-34-27(33)22-7-3-4-9-24(22)35-17-25(31)30-20-12-10-18(11-13-20)26(32)29-16-19-6-5-8-23-21(19)14-15-28-23/h3-15,28H,2,16-17H2,1H3,(H,29,32)(H,30,31). The Labute approximate surface area is 202 Å². The van der Waals surface area contributed by atoms with Crippen LogP contribution in [0.2, 0.25) is 0 Å². The third kappa shape index (κ3) is 5.86. The first kappa shape index (κ1) is 23.6.